The summed E-state index contributed by atoms with van der Waals surface area (Å²) in [6.07, 6.45) is 4.02. The van der Waals surface area contributed by atoms with Gasteiger partial charge in [-0.1, -0.05) is 24.3 Å². The number of fused-ring (bicyclic) bond motifs is 1. The van der Waals surface area contributed by atoms with Gasteiger partial charge in [0.15, 0.2) is 5.78 Å². The maximum Gasteiger partial charge on any atom is 0.166 e. The molecule has 148 valence electrons. The van der Waals surface area contributed by atoms with Crippen molar-refractivity contribution >= 4 is 16.7 Å². The van der Waals surface area contributed by atoms with E-state index in [9.17, 15) is 4.79 Å². The van der Waals surface area contributed by atoms with Crippen LogP contribution in [0.15, 0.2) is 54.7 Å². The smallest absolute Gasteiger partial charge is 0.166 e. The van der Waals surface area contributed by atoms with Gasteiger partial charge < -0.3 is 15.0 Å². The van der Waals surface area contributed by atoms with Crippen molar-refractivity contribution in [2.24, 2.45) is 0 Å². The number of hydrogen-bond acceptors (Lipinski definition) is 3. The van der Waals surface area contributed by atoms with Crippen molar-refractivity contribution in [2.45, 2.75) is 45.6 Å². The molecule has 28 heavy (non-hydrogen) atoms. The fourth-order valence-electron chi connectivity index (χ4n) is 3.29. The van der Waals surface area contributed by atoms with Crippen LogP contribution in [0.25, 0.3) is 10.9 Å². The quantitative estimate of drug-likeness (QED) is 0.400. The van der Waals surface area contributed by atoms with Crippen molar-refractivity contribution in [2.75, 3.05) is 13.2 Å². The molecule has 3 rings (SSSR count). The van der Waals surface area contributed by atoms with Crippen LogP contribution in [-0.2, 0) is 6.42 Å². The predicted octanol–water partition coefficient (Wildman–Crippen LogP) is 5.14. The highest BCUT2D eigenvalue weighted by Crippen LogP contribution is 2.23. The molecule has 0 amide bonds. The van der Waals surface area contributed by atoms with Gasteiger partial charge in [0.2, 0.25) is 0 Å². The second kappa shape index (κ2) is 9.07. The standard InChI is InChI=1S/C24H30N2O2/c1-24(2,3)26-15-7-17-28-23-11-5-4-9-20(23)22(27)13-12-18-8-6-10-21-19(18)14-16-25-21/h4-6,8-11,14,16,25-26H,7,12-13,15,17H2,1-3H3. The third-order valence-electron chi connectivity index (χ3n) is 4.73. The topological polar surface area (TPSA) is 54.1 Å². The van der Waals surface area contributed by atoms with E-state index in [0.29, 0.717) is 24.3 Å². The van der Waals surface area contributed by atoms with Crippen LogP contribution in [0.2, 0.25) is 0 Å². The predicted molar refractivity (Wildman–Crippen MR) is 115 cm³/mol. The fraction of sp³-hybridized carbons (Fsp3) is 0.375. The highest BCUT2D eigenvalue weighted by molar-refractivity contribution is 5.99. The molecule has 2 N–H and O–H groups in total. The molecule has 1 aromatic heterocycles. The lowest BCUT2D eigenvalue weighted by atomic mass is 10.00. The monoisotopic (exact) mass is 378 g/mol. The number of nitrogens with one attached hydrogen (secondary N) is 2. The number of aromatic amines is 1. The number of H-pyrrole nitrogens is 1. The first-order chi connectivity index (χ1) is 13.4. The van der Waals surface area contributed by atoms with E-state index in [1.807, 2.05) is 36.5 Å². The molecular formula is C24H30N2O2. The molecule has 1 heterocycles. The number of carbonyl (C=O) groups is 1. The van der Waals surface area contributed by atoms with Gasteiger partial charge >= 0.3 is 0 Å². The van der Waals surface area contributed by atoms with Crippen molar-refractivity contribution in [3.63, 3.8) is 0 Å². The maximum absolute atomic E-state index is 12.8. The molecule has 0 radical (unpaired) electrons. The first kappa shape index (κ1) is 20.2. The van der Waals surface area contributed by atoms with E-state index in [1.54, 1.807) is 0 Å². The van der Waals surface area contributed by atoms with Crippen LogP contribution in [0.1, 0.15) is 49.5 Å². The number of ketones is 1. The van der Waals surface area contributed by atoms with E-state index in [-0.39, 0.29) is 11.3 Å². The average Bonchev–Trinajstić information content (AvgIpc) is 3.14. The molecule has 0 aliphatic rings. The fourth-order valence-corrected chi connectivity index (χ4v) is 3.29. The Labute approximate surface area is 167 Å². The third-order valence-corrected chi connectivity index (χ3v) is 4.73. The summed E-state index contributed by atoms with van der Waals surface area (Å²) in [6.45, 7) is 7.93. The molecule has 0 spiro atoms. The van der Waals surface area contributed by atoms with Gasteiger partial charge in [0.25, 0.3) is 0 Å². The SMILES string of the molecule is CC(C)(C)NCCCOc1ccccc1C(=O)CCc1cccc2[nH]ccc12. The summed E-state index contributed by atoms with van der Waals surface area (Å²) in [7, 11) is 0. The summed E-state index contributed by atoms with van der Waals surface area (Å²) in [4.78, 5) is 16.1. The normalized spacial score (nSPS) is 11.7. The number of rotatable bonds is 9. The lowest BCUT2D eigenvalue weighted by Crippen LogP contribution is -2.36. The Bertz CT molecular complexity index is 921. The Hall–Kier alpha value is -2.59. The van der Waals surface area contributed by atoms with Crippen molar-refractivity contribution in [1.29, 1.82) is 0 Å². The summed E-state index contributed by atoms with van der Waals surface area (Å²) in [6, 6.07) is 15.8. The number of carbonyl (C=O) groups excluding carboxylic acids is 1. The number of hydrogen-bond donors (Lipinski definition) is 2. The lowest BCUT2D eigenvalue weighted by molar-refractivity contribution is 0.0979. The zero-order chi connectivity index (χ0) is 20.0. The van der Waals surface area contributed by atoms with E-state index in [4.69, 9.17) is 4.74 Å². The Morgan fingerprint density at radius 1 is 1.07 bits per heavy atom. The van der Waals surface area contributed by atoms with Gasteiger partial charge in [-0.05, 0) is 70.0 Å². The summed E-state index contributed by atoms with van der Waals surface area (Å²) in [5.74, 6) is 0.805. The summed E-state index contributed by atoms with van der Waals surface area (Å²) in [5, 5.41) is 4.63. The molecule has 0 unspecified atom stereocenters. The first-order valence-electron chi connectivity index (χ1n) is 9.99. The van der Waals surface area contributed by atoms with Gasteiger partial charge in [-0.3, -0.25) is 4.79 Å². The van der Waals surface area contributed by atoms with E-state index in [2.05, 4.69) is 49.3 Å². The molecule has 0 saturated carbocycles. The number of benzene rings is 2. The number of Topliss-reactive ketones (excluding diaryl/α,β-unsaturated/α-hetero) is 1. The molecule has 0 aliphatic heterocycles. The second-order valence-corrected chi connectivity index (χ2v) is 8.15. The minimum Gasteiger partial charge on any atom is -0.493 e. The van der Waals surface area contributed by atoms with Crippen LogP contribution in [0.5, 0.6) is 5.75 Å². The maximum atomic E-state index is 12.8. The Kier molecular flexibility index (Phi) is 6.53. The van der Waals surface area contributed by atoms with Crippen molar-refractivity contribution in [3.8, 4) is 5.75 Å². The number of para-hydroxylation sites is 1. The molecule has 2 aromatic carbocycles. The zero-order valence-corrected chi connectivity index (χ0v) is 17.0. The summed E-state index contributed by atoms with van der Waals surface area (Å²) >= 11 is 0. The summed E-state index contributed by atoms with van der Waals surface area (Å²) in [5.41, 5.74) is 3.08. The number of aryl methyl sites for hydroxylation is 1. The van der Waals surface area contributed by atoms with Crippen molar-refractivity contribution in [3.05, 3.63) is 65.9 Å². The molecular weight excluding hydrogens is 348 g/mol. The average molecular weight is 379 g/mol. The van der Waals surface area contributed by atoms with E-state index in [0.717, 1.165) is 24.9 Å². The molecule has 3 aromatic rings. The molecule has 0 fully saturated rings. The van der Waals surface area contributed by atoms with Crippen LogP contribution in [-0.4, -0.2) is 29.5 Å². The van der Waals surface area contributed by atoms with Gasteiger partial charge in [0, 0.05) is 29.1 Å². The minimum atomic E-state index is 0.107. The van der Waals surface area contributed by atoms with E-state index < -0.39 is 0 Å². The van der Waals surface area contributed by atoms with Crippen molar-refractivity contribution < 1.29 is 9.53 Å². The molecule has 4 heteroatoms. The van der Waals surface area contributed by atoms with Gasteiger partial charge in [-0.15, -0.1) is 0 Å². The summed E-state index contributed by atoms with van der Waals surface area (Å²) < 4.78 is 5.92. The largest absolute Gasteiger partial charge is 0.493 e. The van der Waals surface area contributed by atoms with Crippen LogP contribution < -0.4 is 10.1 Å². The first-order valence-corrected chi connectivity index (χ1v) is 9.99. The number of aromatic nitrogens is 1. The Morgan fingerprint density at radius 2 is 1.89 bits per heavy atom. The van der Waals surface area contributed by atoms with Gasteiger partial charge in [0.05, 0.1) is 12.2 Å². The van der Waals surface area contributed by atoms with Gasteiger partial charge in [-0.25, -0.2) is 0 Å². The van der Waals surface area contributed by atoms with Gasteiger partial charge in [-0.2, -0.15) is 0 Å². The Morgan fingerprint density at radius 3 is 2.71 bits per heavy atom. The molecule has 4 nitrogen and oxygen atoms in total. The van der Waals surface area contributed by atoms with E-state index in [1.165, 1.54) is 10.9 Å². The minimum absolute atomic E-state index is 0.107. The van der Waals surface area contributed by atoms with Crippen LogP contribution >= 0.6 is 0 Å². The third kappa shape index (κ3) is 5.46. The van der Waals surface area contributed by atoms with Crippen molar-refractivity contribution in [1.82, 2.24) is 10.3 Å². The van der Waals surface area contributed by atoms with Crippen LogP contribution in [0.3, 0.4) is 0 Å². The number of ether oxygens (including phenoxy) is 1. The van der Waals surface area contributed by atoms with Gasteiger partial charge in [0.1, 0.15) is 5.75 Å². The molecule has 0 saturated heterocycles. The van der Waals surface area contributed by atoms with Crippen LogP contribution in [0.4, 0.5) is 0 Å². The van der Waals surface area contributed by atoms with E-state index >= 15 is 0 Å². The second-order valence-electron chi connectivity index (χ2n) is 8.15. The Balaban J connectivity index is 1.57. The van der Waals surface area contributed by atoms with Crippen LogP contribution in [0, 0.1) is 0 Å². The highest BCUT2D eigenvalue weighted by atomic mass is 16.5. The zero-order valence-electron chi connectivity index (χ0n) is 17.0. The molecule has 0 bridgehead atoms. The highest BCUT2D eigenvalue weighted by Gasteiger charge is 2.13. The molecule has 0 atom stereocenters. The molecule has 0 aliphatic carbocycles. The lowest BCUT2D eigenvalue weighted by Gasteiger charge is -2.20.